The van der Waals surface area contributed by atoms with Crippen LogP contribution in [-0.4, -0.2) is 51.5 Å². The van der Waals surface area contributed by atoms with Crippen LogP contribution in [0.1, 0.15) is 37.0 Å². The van der Waals surface area contributed by atoms with E-state index in [1.165, 1.54) is 0 Å². The second-order valence-corrected chi connectivity index (χ2v) is 10.5. The lowest BCUT2D eigenvalue weighted by Gasteiger charge is -2.42. The number of aliphatic hydroxyl groups excluding tert-OH is 2. The fraction of sp³-hybridized carbons (Fsp3) is 0.379. The lowest BCUT2D eigenvalue weighted by Crippen LogP contribution is -2.56. The molecule has 1 saturated heterocycles. The zero-order valence-corrected chi connectivity index (χ0v) is 22.2. The summed E-state index contributed by atoms with van der Waals surface area (Å²) in [6.07, 6.45) is -2.83. The van der Waals surface area contributed by atoms with Crippen LogP contribution in [0.2, 0.25) is 0 Å². The highest BCUT2D eigenvalue weighted by Crippen LogP contribution is 2.41. The molecule has 0 spiro atoms. The van der Waals surface area contributed by atoms with Gasteiger partial charge in [0.25, 0.3) is 0 Å². The van der Waals surface area contributed by atoms with Crippen LogP contribution in [0.25, 0.3) is 0 Å². The van der Waals surface area contributed by atoms with Crippen molar-refractivity contribution < 1.29 is 24.4 Å². The van der Waals surface area contributed by atoms with Crippen molar-refractivity contribution in [2.45, 2.75) is 60.5 Å². The van der Waals surface area contributed by atoms with Crippen LogP contribution in [0.4, 0.5) is 0 Å². The van der Waals surface area contributed by atoms with Gasteiger partial charge in [0.2, 0.25) is 0 Å². The van der Waals surface area contributed by atoms with E-state index in [1.807, 2.05) is 68.4 Å². The normalized spacial score (nSPS) is 25.0. The quantitative estimate of drug-likeness (QED) is 0.208. The third-order valence-electron chi connectivity index (χ3n) is 6.29. The van der Waals surface area contributed by atoms with Crippen molar-refractivity contribution in [2.24, 2.45) is 0 Å². The van der Waals surface area contributed by atoms with E-state index in [-0.39, 0.29) is 10.0 Å². The highest BCUT2D eigenvalue weighted by atomic mass is 127. The van der Waals surface area contributed by atoms with E-state index in [4.69, 9.17) is 14.2 Å². The van der Waals surface area contributed by atoms with Crippen LogP contribution in [0.15, 0.2) is 91.0 Å². The highest BCUT2D eigenvalue weighted by molar-refractivity contribution is 14.1. The van der Waals surface area contributed by atoms with E-state index in [2.05, 4.69) is 59.0 Å². The van der Waals surface area contributed by atoms with E-state index in [0.29, 0.717) is 13.0 Å². The van der Waals surface area contributed by atoms with Gasteiger partial charge in [0, 0.05) is 0 Å². The van der Waals surface area contributed by atoms with Gasteiger partial charge in [0.15, 0.2) is 6.29 Å². The predicted octanol–water partition coefficient (Wildman–Crippen LogP) is 5.06. The molecule has 0 unspecified atom stereocenters. The molecule has 0 saturated carbocycles. The molecule has 0 radical (unpaired) electrons. The van der Waals surface area contributed by atoms with Gasteiger partial charge in [-0.25, -0.2) is 0 Å². The summed E-state index contributed by atoms with van der Waals surface area (Å²) in [5, 5.41) is 21.4. The van der Waals surface area contributed by atoms with Gasteiger partial charge in [-0.2, -0.15) is 0 Å². The van der Waals surface area contributed by atoms with Gasteiger partial charge in [-0.05, 0) is 37.0 Å². The Bertz CT molecular complexity index is 934. The minimum atomic E-state index is -1.02. The van der Waals surface area contributed by atoms with Crippen LogP contribution < -0.4 is 0 Å². The smallest absolute Gasteiger partial charge is 0.172 e. The maximum absolute atomic E-state index is 10.7. The standard InChI is InChI=1S/C29H33IO5/c1-20(2)34-28-25(30)27(32)26(31)24(35-28)18-19-33-29(21-12-6-3-7-13-21,22-14-8-4-9-15-22)23-16-10-5-11-17-23/h3-17,20,24-28,31-32H,18-19H2,1-2H3/t24-,25+,26-,27-,28+/m0/s1. The number of benzene rings is 3. The Kier molecular flexibility index (Phi) is 8.97. The monoisotopic (exact) mass is 588 g/mol. The largest absolute Gasteiger partial charge is 0.389 e. The van der Waals surface area contributed by atoms with Crippen molar-refractivity contribution in [3.8, 4) is 0 Å². The second kappa shape index (κ2) is 12.0. The highest BCUT2D eigenvalue weighted by Gasteiger charge is 2.44. The topological polar surface area (TPSA) is 68.2 Å². The van der Waals surface area contributed by atoms with E-state index in [0.717, 1.165) is 16.7 Å². The van der Waals surface area contributed by atoms with Gasteiger partial charge in [-0.1, -0.05) is 114 Å². The maximum atomic E-state index is 10.7. The minimum absolute atomic E-state index is 0.0569. The summed E-state index contributed by atoms with van der Waals surface area (Å²) in [6.45, 7) is 4.15. The Balaban J connectivity index is 1.64. The Hall–Kier alpha value is -1.81. The van der Waals surface area contributed by atoms with Gasteiger partial charge in [-0.15, -0.1) is 0 Å². The van der Waals surface area contributed by atoms with Crippen molar-refractivity contribution in [1.82, 2.24) is 0 Å². The Labute approximate surface area is 221 Å². The average Bonchev–Trinajstić information content (AvgIpc) is 2.89. The van der Waals surface area contributed by atoms with Gasteiger partial charge < -0.3 is 24.4 Å². The molecule has 0 bridgehead atoms. The van der Waals surface area contributed by atoms with Gasteiger partial charge in [-0.3, -0.25) is 0 Å². The van der Waals surface area contributed by atoms with Crippen molar-refractivity contribution in [3.05, 3.63) is 108 Å². The van der Waals surface area contributed by atoms with Gasteiger partial charge in [0.05, 0.1) is 28.8 Å². The Morgan fingerprint density at radius 2 is 1.26 bits per heavy atom. The maximum Gasteiger partial charge on any atom is 0.172 e. The molecule has 1 heterocycles. The van der Waals surface area contributed by atoms with Crippen LogP contribution in [0.3, 0.4) is 0 Å². The van der Waals surface area contributed by atoms with E-state index < -0.39 is 30.2 Å². The first-order valence-electron chi connectivity index (χ1n) is 12.0. The molecule has 4 rings (SSSR count). The molecule has 0 amide bonds. The minimum Gasteiger partial charge on any atom is -0.389 e. The fourth-order valence-electron chi connectivity index (χ4n) is 4.61. The molecule has 5 nitrogen and oxygen atoms in total. The molecule has 1 aliphatic heterocycles. The molecular formula is C29H33IO5. The molecule has 35 heavy (non-hydrogen) atoms. The van der Waals surface area contributed by atoms with Crippen LogP contribution in [0, 0.1) is 0 Å². The fourth-order valence-corrected chi connectivity index (χ4v) is 5.37. The zero-order chi connectivity index (χ0) is 24.8. The molecule has 1 fully saturated rings. The number of halogens is 1. The summed E-state index contributed by atoms with van der Waals surface area (Å²) in [5.74, 6) is 0. The Morgan fingerprint density at radius 3 is 1.69 bits per heavy atom. The van der Waals surface area contributed by atoms with Crippen molar-refractivity contribution in [2.75, 3.05) is 6.61 Å². The molecule has 3 aromatic rings. The SMILES string of the molecule is CC(C)O[C@@H]1O[C@@H](CCOC(c2ccccc2)(c2ccccc2)c2ccccc2)[C@H](O)[C@@H](O)[C@H]1I. The number of hydrogen-bond donors (Lipinski definition) is 2. The molecule has 0 aliphatic carbocycles. The van der Waals surface area contributed by atoms with E-state index in [1.54, 1.807) is 0 Å². The molecule has 5 atom stereocenters. The molecular weight excluding hydrogens is 555 g/mol. The third-order valence-corrected chi connectivity index (χ3v) is 7.62. The molecule has 1 aliphatic rings. The number of aliphatic hydroxyl groups is 2. The van der Waals surface area contributed by atoms with Crippen molar-refractivity contribution in [1.29, 1.82) is 0 Å². The number of rotatable bonds is 9. The second-order valence-electron chi connectivity index (χ2n) is 9.07. The number of ether oxygens (including phenoxy) is 3. The summed E-state index contributed by atoms with van der Waals surface area (Å²) < 4.78 is 18.4. The van der Waals surface area contributed by atoms with Gasteiger partial charge in [0.1, 0.15) is 11.7 Å². The lowest BCUT2D eigenvalue weighted by atomic mass is 9.80. The molecule has 6 heteroatoms. The lowest BCUT2D eigenvalue weighted by molar-refractivity contribution is -0.256. The summed E-state index contributed by atoms with van der Waals surface area (Å²) in [5.41, 5.74) is 2.18. The van der Waals surface area contributed by atoms with Gasteiger partial charge >= 0.3 is 0 Å². The summed E-state index contributed by atoms with van der Waals surface area (Å²) in [4.78, 5) is 0. The summed E-state index contributed by atoms with van der Waals surface area (Å²) in [7, 11) is 0. The van der Waals surface area contributed by atoms with Crippen LogP contribution >= 0.6 is 22.6 Å². The molecule has 186 valence electrons. The Morgan fingerprint density at radius 1 is 0.800 bits per heavy atom. The number of alkyl halides is 1. The first kappa shape index (κ1) is 26.3. The van der Waals surface area contributed by atoms with E-state index >= 15 is 0 Å². The first-order chi connectivity index (χ1) is 16.9. The third kappa shape index (κ3) is 5.79. The molecule has 3 aromatic carbocycles. The van der Waals surface area contributed by atoms with Crippen LogP contribution in [0.5, 0.6) is 0 Å². The zero-order valence-electron chi connectivity index (χ0n) is 20.0. The van der Waals surface area contributed by atoms with Crippen molar-refractivity contribution in [3.63, 3.8) is 0 Å². The van der Waals surface area contributed by atoms with E-state index in [9.17, 15) is 10.2 Å². The number of hydrogen-bond acceptors (Lipinski definition) is 5. The average molecular weight is 588 g/mol. The first-order valence-corrected chi connectivity index (χ1v) is 13.3. The van der Waals surface area contributed by atoms with Crippen LogP contribution in [-0.2, 0) is 19.8 Å². The predicted molar refractivity (Wildman–Crippen MR) is 144 cm³/mol. The summed E-state index contributed by atoms with van der Waals surface area (Å²) >= 11 is 2.09. The molecule has 0 aromatic heterocycles. The van der Waals surface area contributed by atoms with Crippen molar-refractivity contribution >= 4 is 22.6 Å². The summed E-state index contributed by atoms with van der Waals surface area (Å²) in [6, 6.07) is 30.5. The molecule has 2 N–H and O–H groups in total.